The summed E-state index contributed by atoms with van der Waals surface area (Å²) in [7, 11) is 0. The highest BCUT2D eigenvalue weighted by Crippen LogP contribution is 2.53. The monoisotopic (exact) mass is 1080 g/mol. The van der Waals surface area contributed by atoms with E-state index in [2.05, 4.69) is 165 Å². The number of likely N-dealkylation sites (tertiary alicyclic amines) is 3. The van der Waals surface area contributed by atoms with Crippen LogP contribution in [0, 0.1) is 16.7 Å². The van der Waals surface area contributed by atoms with Gasteiger partial charge < -0.3 is 30.7 Å². The molecule has 0 bridgehead atoms. The van der Waals surface area contributed by atoms with Crippen LogP contribution in [0.25, 0.3) is 0 Å². The molecule has 79 heavy (non-hydrogen) atoms. The van der Waals surface area contributed by atoms with E-state index < -0.39 is 0 Å². The summed E-state index contributed by atoms with van der Waals surface area (Å²) < 4.78 is 0. The SMILES string of the molecule is C=CCC(C)(C)CN1CCC2(CC1)C[C@H](NC(C)=O)c1ccccc12.CCCC(=O)N[C@H]1CC2(CCN(CCC(C)(C)C)CC2)c2ccccc21.CCCC(CCC)N1CCC2(CC[C@H](NC(=O)C3CC3)c3ccccc32)CC1.[HH].[HH].[HH]. The Hall–Kier alpha value is -4.31. The van der Waals surface area contributed by atoms with Crippen molar-refractivity contribution in [3.8, 4) is 0 Å². The number of rotatable bonds is 17. The van der Waals surface area contributed by atoms with Crippen LogP contribution in [0.5, 0.6) is 0 Å². The minimum atomic E-state index is 0. The molecule has 3 spiro atoms. The van der Waals surface area contributed by atoms with Gasteiger partial charge in [0.2, 0.25) is 17.7 Å². The number of fused-ring (bicyclic) bond motifs is 6. The highest BCUT2D eigenvalue weighted by molar-refractivity contribution is 5.81. The van der Waals surface area contributed by atoms with E-state index in [1.54, 1.807) is 6.92 Å². The van der Waals surface area contributed by atoms with Crippen LogP contribution in [0.1, 0.15) is 247 Å². The topological polar surface area (TPSA) is 97.0 Å². The van der Waals surface area contributed by atoms with Crippen molar-refractivity contribution in [3.63, 3.8) is 0 Å². The van der Waals surface area contributed by atoms with E-state index in [1.807, 2.05) is 6.08 Å². The molecule has 3 heterocycles. The van der Waals surface area contributed by atoms with E-state index in [-0.39, 0.29) is 51.0 Å². The number of nitrogens with zero attached hydrogens (tertiary/aromatic N) is 3. The third-order valence-electron chi connectivity index (χ3n) is 19.9. The van der Waals surface area contributed by atoms with Crippen molar-refractivity contribution < 1.29 is 18.7 Å². The quantitative estimate of drug-likeness (QED) is 0.117. The van der Waals surface area contributed by atoms with Crippen molar-refractivity contribution in [3.05, 3.63) is 119 Å². The van der Waals surface area contributed by atoms with Gasteiger partial charge in [0.15, 0.2) is 0 Å². The van der Waals surface area contributed by atoms with Gasteiger partial charge in [0.25, 0.3) is 0 Å². The average Bonchev–Trinajstić information content (AvgIpc) is 4.31. The first-order valence-corrected chi connectivity index (χ1v) is 31.8. The van der Waals surface area contributed by atoms with E-state index in [0.29, 0.717) is 28.6 Å². The highest BCUT2D eigenvalue weighted by Gasteiger charge is 2.48. The number of hydrogen-bond donors (Lipinski definition) is 3. The molecule has 3 atom stereocenters. The average molecular weight is 1090 g/mol. The van der Waals surface area contributed by atoms with Gasteiger partial charge in [0.1, 0.15) is 0 Å². The van der Waals surface area contributed by atoms with Gasteiger partial charge in [-0.3, -0.25) is 14.4 Å². The first-order chi connectivity index (χ1) is 37.8. The maximum Gasteiger partial charge on any atom is 0.223 e. The Morgan fingerprint density at radius 2 is 1.10 bits per heavy atom. The number of benzene rings is 3. The fourth-order valence-electron chi connectivity index (χ4n) is 15.4. The molecule has 9 nitrogen and oxygen atoms in total. The molecule has 0 radical (unpaired) electrons. The molecule has 3 aromatic carbocycles. The number of nitrogens with one attached hydrogen (secondary N) is 3. The molecular formula is C70H112N6O3. The Balaban J connectivity index is 0.000000222. The minimum absolute atomic E-state index is 0. The van der Waals surface area contributed by atoms with Gasteiger partial charge in [0.05, 0.1) is 18.1 Å². The van der Waals surface area contributed by atoms with Crippen molar-refractivity contribution in [1.82, 2.24) is 30.7 Å². The second-order valence-corrected chi connectivity index (χ2v) is 27.9. The molecule has 3 aromatic rings. The van der Waals surface area contributed by atoms with Crippen molar-refractivity contribution in [2.45, 2.75) is 231 Å². The van der Waals surface area contributed by atoms with Crippen molar-refractivity contribution in [2.75, 3.05) is 52.4 Å². The fraction of sp³-hybridized carbons (Fsp3) is 0.671. The summed E-state index contributed by atoms with van der Waals surface area (Å²) >= 11 is 0. The van der Waals surface area contributed by atoms with E-state index in [0.717, 1.165) is 70.6 Å². The predicted octanol–water partition coefficient (Wildman–Crippen LogP) is 15.1. The standard InChI is InChI=1S/C25H38N2O.C23H36N2O.C22H32N2O.3H2/c1-3-7-20(8-4-2)27-17-15-25(16-18-27)14-13-23(26-24(28)19-11-12-19)21-9-5-6-10-22(21)25;1-5-8-21(26)24-20-17-23(19-10-7-6-9-18(19)20)12-15-25(16-13-23)14-11-22(2,3)4;1-5-10-21(3,4)16-24-13-11-22(12-14-24)15-20(23-17(2)25)18-8-6-7-9-19(18)22;;;/h5-6,9-10,19-20,23H,3-4,7-8,11-18H2,1-2H3,(H,26,28);6-7,9-10,20H,5,8,11-17H2,1-4H3,(H,24,26);5-9,20H,1,10-16H2,2-4H3,(H,23,25);3*1H/t23-;2*20-;;;/m000.../s1. The molecule has 7 aliphatic rings. The van der Waals surface area contributed by atoms with E-state index in [4.69, 9.17) is 0 Å². The van der Waals surface area contributed by atoms with Crippen molar-refractivity contribution in [2.24, 2.45) is 16.7 Å². The number of amides is 3. The number of allylic oxidation sites excluding steroid dienone is 1. The van der Waals surface area contributed by atoms with Crippen LogP contribution in [0.4, 0.5) is 0 Å². The van der Waals surface area contributed by atoms with Crippen LogP contribution in [0.2, 0.25) is 0 Å². The van der Waals surface area contributed by atoms with E-state index in [9.17, 15) is 14.4 Å². The van der Waals surface area contributed by atoms with Gasteiger partial charge in [-0.1, -0.05) is 147 Å². The van der Waals surface area contributed by atoms with Crippen LogP contribution in [-0.4, -0.2) is 90.8 Å². The molecule has 4 fully saturated rings. The lowest BCUT2D eigenvalue weighted by atomic mass is 9.63. The molecule has 3 N–H and O–H groups in total. The highest BCUT2D eigenvalue weighted by atomic mass is 16.2. The van der Waals surface area contributed by atoms with E-state index in [1.165, 1.54) is 143 Å². The molecule has 3 amide bonds. The summed E-state index contributed by atoms with van der Waals surface area (Å²) in [5.41, 5.74) is 10.1. The second kappa shape index (κ2) is 26.7. The summed E-state index contributed by atoms with van der Waals surface area (Å²) in [6.45, 7) is 33.3. The number of carbonyl (C=O) groups excluding carboxylic acids is 3. The maximum atomic E-state index is 12.4. The molecule has 0 aromatic heterocycles. The van der Waals surface area contributed by atoms with Gasteiger partial charge in [0, 0.05) is 47.0 Å². The van der Waals surface area contributed by atoms with Crippen LogP contribution in [-0.2, 0) is 30.6 Å². The molecule has 0 unspecified atom stereocenters. The molecule has 10 rings (SSSR count). The van der Waals surface area contributed by atoms with Gasteiger partial charge in [-0.15, -0.1) is 6.58 Å². The van der Waals surface area contributed by atoms with Crippen LogP contribution >= 0.6 is 0 Å². The largest absolute Gasteiger partial charge is 0.349 e. The normalized spacial score (nSPS) is 23.1. The lowest BCUT2D eigenvalue weighted by Crippen LogP contribution is -2.49. The first kappa shape index (κ1) is 60.8. The fourth-order valence-corrected chi connectivity index (χ4v) is 15.4. The third-order valence-corrected chi connectivity index (χ3v) is 19.9. The van der Waals surface area contributed by atoms with E-state index >= 15 is 0 Å². The van der Waals surface area contributed by atoms with Gasteiger partial charge in [-0.2, -0.15) is 0 Å². The van der Waals surface area contributed by atoms with Crippen LogP contribution in [0.15, 0.2) is 85.5 Å². The lowest BCUT2D eigenvalue weighted by Gasteiger charge is -2.49. The minimum Gasteiger partial charge on any atom is -0.349 e. The summed E-state index contributed by atoms with van der Waals surface area (Å²) in [5.74, 6) is 0.848. The molecule has 440 valence electrons. The Bertz CT molecular complexity index is 2490. The second-order valence-electron chi connectivity index (χ2n) is 27.9. The van der Waals surface area contributed by atoms with Gasteiger partial charge in [-0.05, 0) is 205 Å². The number of piperidine rings is 3. The summed E-state index contributed by atoms with van der Waals surface area (Å²) in [5, 5.41) is 9.85. The molecular weight excluding hydrogens is 973 g/mol. The summed E-state index contributed by atoms with van der Waals surface area (Å²) in [6.07, 6.45) is 25.1. The number of carbonyl (C=O) groups is 3. The smallest absolute Gasteiger partial charge is 0.223 e. The zero-order valence-electron chi connectivity index (χ0n) is 51.0. The molecule has 3 saturated heterocycles. The summed E-state index contributed by atoms with van der Waals surface area (Å²) in [4.78, 5) is 44.2. The molecule has 1 saturated carbocycles. The van der Waals surface area contributed by atoms with Crippen molar-refractivity contribution in [1.29, 1.82) is 0 Å². The maximum absolute atomic E-state index is 12.4. The molecule has 3 aliphatic heterocycles. The molecule has 9 heteroatoms. The van der Waals surface area contributed by atoms with Crippen molar-refractivity contribution >= 4 is 17.7 Å². The molecule has 4 aliphatic carbocycles. The Morgan fingerprint density at radius 3 is 1.58 bits per heavy atom. The summed E-state index contributed by atoms with van der Waals surface area (Å²) in [6, 6.07) is 27.9. The Kier molecular flexibility index (Phi) is 20.6. The van der Waals surface area contributed by atoms with Crippen LogP contribution < -0.4 is 16.0 Å². The Morgan fingerprint density at radius 1 is 0.620 bits per heavy atom. The lowest BCUT2D eigenvalue weighted by molar-refractivity contribution is -0.123. The predicted molar refractivity (Wildman–Crippen MR) is 334 cm³/mol. The third kappa shape index (κ3) is 15.2. The Labute approximate surface area is 484 Å². The zero-order valence-corrected chi connectivity index (χ0v) is 51.0. The van der Waals surface area contributed by atoms with Gasteiger partial charge in [-0.25, -0.2) is 0 Å². The zero-order chi connectivity index (χ0) is 56.4. The first-order valence-electron chi connectivity index (χ1n) is 31.8. The van der Waals surface area contributed by atoms with Crippen LogP contribution in [0.3, 0.4) is 0 Å². The van der Waals surface area contributed by atoms with Gasteiger partial charge >= 0.3 is 0 Å². The number of hydrogen-bond acceptors (Lipinski definition) is 6.